The molecule has 8 bridgehead atoms. The van der Waals surface area contributed by atoms with Crippen molar-refractivity contribution in [3.05, 3.63) is 148 Å². The maximum absolute atomic E-state index is 15.7. The van der Waals surface area contributed by atoms with Gasteiger partial charge in [0.25, 0.3) is 0 Å². The van der Waals surface area contributed by atoms with Crippen molar-refractivity contribution in [3.63, 3.8) is 0 Å². The molecule has 55 heavy (non-hydrogen) atoms. The van der Waals surface area contributed by atoms with Gasteiger partial charge in [-0.3, -0.25) is 0 Å². The topological polar surface area (TPSA) is 60.3 Å². The van der Waals surface area contributed by atoms with Crippen LogP contribution in [0.5, 0.6) is 0 Å². The van der Waals surface area contributed by atoms with Crippen LogP contribution in [-0.4, -0.2) is 19.9 Å². The highest BCUT2D eigenvalue weighted by molar-refractivity contribution is 6.07. The Morgan fingerprint density at radius 3 is 1.29 bits per heavy atom. The largest absolute Gasteiger partial charge is 0.354 e. The number of H-pyrrole nitrogens is 3. The van der Waals surface area contributed by atoms with Gasteiger partial charge in [-0.1, -0.05) is 42.5 Å². The zero-order valence-corrected chi connectivity index (χ0v) is 27.4. The summed E-state index contributed by atoms with van der Waals surface area (Å²) >= 11 is 0. The number of rotatable bonds is 3. The van der Waals surface area contributed by atoms with E-state index in [0.29, 0.717) is 27.7 Å². The Morgan fingerprint density at radius 2 is 0.727 bits per heavy atom. The fourth-order valence-corrected chi connectivity index (χ4v) is 7.06. The minimum Gasteiger partial charge on any atom is -0.354 e. The van der Waals surface area contributed by atoms with E-state index in [0.717, 1.165) is 22.9 Å². The molecule has 5 heterocycles. The van der Waals surface area contributed by atoms with Gasteiger partial charge in [0.15, 0.2) is 46.5 Å². The van der Waals surface area contributed by atoms with Crippen LogP contribution in [0.1, 0.15) is 11.4 Å². The van der Waals surface area contributed by atoms with Crippen molar-refractivity contribution < 1.29 is 43.9 Å². The highest BCUT2D eigenvalue weighted by Gasteiger charge is 2.31. The lowest BCUT2D eigenvalue weighted by atomic mass is 9.98. The zero-order chi connectivity index (χ0) is 38.4. The average molecular weight is 757 g/mol. The van der Waals surface area contributed by atoms with Crippen LogP contribution in [0.15, 0.2) is 78.9 Å². The lowest BCUT2D eigenvalue weighted by molar-refractivity contribution is 0.381. The van der Waals surface area contributed by atoms with Gasteiger partial charge in [-0.15, -0.1) is 0 Å². The molecule has 0 aliphatic carbocycles. The molecule has 4 aromatic carbocycles. The van der Waals surface area contributed by atoms with Crippen LogP contribution in [0.25, 0.3) is 89.4 Å². The van der Waals surface area contributed by atoms with Crippen LogP contribution in [0.2, 0.25) is 0 Å². The summed E-state index contributed by atoms with van der Waals surface area (Å²) in [5.41, 5.74) is -2.76. The molecule has 272 valence electrons. The van der Waals surface area contributed by atoms with Crippen molar-refractivity contribution in [1.82, 2.24) is 19.9 Å². The summed E-state index contributed by atoms with van der Waals surface area (Å²) in [7, 11) is 0. The van der Waals surface area contributed by atoms with Crippen LogP contribution in [0, 0.1) is 58.2 Å². The van der Waals surface area contributed by atoms with Gasteiger partial charge in [0.2, 0.25) is 11.6 Å². The maximum Gasteiger partial charge on any atom is 0.200 e. The average Bonchev–Trinajstić information content (AvgIpc) is 4.04. The summed E-state index contributed by atoms with van der Waals surface area (Å²) in [4.78, 5) is 13.5. The number of benzene rings is 4. The summed E-state index contributed by atoms with van der Waals surface area (Å²) < 4.78 is 150. The number of nitrogens with one attached hydrogen (secondary N) is 3. The monoisotopic (exact) mass is 756 g/mol. The summed E-state index contributed by atoms with van der Waals surface area (Å²) in [5.74, 6) is -22.7. The minimum atomic E-state index is -2.42. The molecule has 9 rings (SSSR count). The summed E-state index contributed by atoms with van der Waals surface area (Å²) in [5, 5.41) is 1.65. The molecule has 4 nitrogen and oxygen atoms in total. The van der Waals surface area contributed by atoms with Crippen LogP contribution in [-0.2, 0) is 0 Å². The van der Waals surface area contributed by atoms with Gasteiger partial charge in [-0.2, -0.15) is 0 Å². The van der Waals surface area contributed by atoms with Gasteiger partial charge < -0.3 is 15.0 Å². The molecule has 1 aliphatic heterocycles. The van der Waals surface area contributed by atoms with E-state index >= 15 is 17.6 Å². The first kappa shape index (κ1) is 34.0. The van der Waals surface area contributed by atoms with Crippen LogP contribution >= 0.6 is 0 Å². The first-order chi connectivity index (χ1) is 26.4. The molecule has 0 saturated heterocycles. The van der Waals surface area contributed by atoms with Crippen molar-refractivity contribution in [3.8, 4) is 33.4 Å². The fourth-order valence-electron chi connectivity index (χ4n) is 7.06. The van der Waals surface area contributed by atoms with Gasteiger partial charge in [0.05, 0.1) is 28.0 Å². The normalized spacial score (nSPS) is 12.1. The standard InChI is InChI=1S/C41H18F10N4/c42-32-30(33(43)37(47)40(50)36(32)46)28-23-11-9-20(53-23)19-8-10-21(52-19)27(18-7-3-5-16-4-1-2-6-17(16)18)22-12-13-24(54-22)29(26-15-14-25(28)55-26)31-34(44)38(48)41(51)39(49)35(31)45/h1-15,52,54-55H. The van der Waals surface area contributed by atoms with Gasteiger partial charge in [0.1, 0.15) is 0 Å². The molecule has 0 unspecified atom stereocenters. The van der Waals surface area contributed by atoms with E-state index < -0.39 is 80.4 Å². The second kappa shape index (κ2) is 12.4. The molecule has 3 N–H and O–H groups in total. The summed E-state index contributed by atoms with van der Waals surface area (Å²) in [6.07, 6.45) is 2.69. The quantitative estimate of drug-likeness (QED) is 0.0938. The molecule has 0 spiro atoms. The second-order valence-electron chi connectivity index (χ2n) is 12.6. The van der Waals surface area contributed by atoms with E-state index in [1.807, 2.05) is 42.5 Å². The van der Waals surface area contributed by atoms with Crippen molar-refractivity contribution in [2.24, 2.45) is 0 Å². The van der Waals surface area contributed by atoms with E-state index in [-0.39, 0.29) is 27.9 Å². The van der Waals surface area contributed by atoms with E-state index in [2.05, 4.69) is 19.9 Å². The lowest BCUT2D eigenvalue weighted by Gasteiger charge is -2.10. The highest BCUT2D eigenvalue weighted by atomic mass is 19.2. The number of aromatic amines is 3. The first-order valence-electron chi connectivity index (χ1n) is 16.3. The molecule has 0 fully saturated rings. The van der Waals surface area contributed by atoms with Crippen LogP contribution in [0.4, 0.5) is 43.9 Å². The van der Waals surface area contributed by atoms with Crippen molar-refractivity contribution in [2.45, 2.75) is 0 Å². The predicted octanol–water partition coefficient (Wildman–Crippen LogP) is 12.2. The van der Waals surface area contributed by atoms with Gasteiger partial charge in [0, 0.05) is 44.3 Å². The number of hydrogen-bond donors (Lipinski definition) is 3. The fraction of sp³-hybridized carbons (Fsp3) is 0. The van der Waals surface area contributed by atoms with Crippen LogP contribution < -0.4 is 0 Å². The van der Waals surface area contributed by atoms with E-state index in [1.165, 1.54) is 24.3 Å². The third kappa shape index (κ3) is 5.04. The van der Waals surface area contributed by atoms with E-state index in [4.69, 9.17) is 0 Å². The maximum atomic E-state index is 15.7. The molecule has 8 aromatic rings. The predicted molar refractivity (Wildman–Crippen MR) is 189 cm³/mol. The number of hydrogen-bond acceptors (Lipinski definition) is 1. The molecule has 0 radical (unpaired) electrons. The Labute approximate surface area is 301 Å². The minimum absolute atomic E-state index is 0.183. The summed E-state index contributed by atoms with van der Waals surface area (Å²) in [6, 6.07) is 21.3. The highest BCUT2D eigenvalue weighted by Crippen LogP contribution is 2.41. The number of nitrogens with zero attached hydrogens (tertiary/aromatic N) is 1. The number of aromatic nitrogens is 4. The van der Waals surface area contributed by atoms with E-state index in [9.17, 15) is 26.3 Å². The molecule has 14 heteroatoms. The molecule has 0 amide bonds. The van der Waals surface area contributed by atoms with Crippen molar-refractivity contribution in [2.75, 3.05) is 0 Å². The molecule has 0 saturated carbocycles. The Bertz CT molecular complexity index is 3060. The van der Waals surface area contributed by atoms with Crippen LogP contribution in [0.3, 0.4) is 0 Å². The Kier molecular flexibility index (Phi) is 7.64. The van der Waals surface area contributed by atoms with Gasteiger partial charge >= 0.3 is 0 Å². The van der Waals surface area contributed by atoms with Crippen molar-refractivity contribution >= 4 is 56.0 Å². The molecule has 0 atom stereocenters. The Balaban J connectivity index is 1.52. The zero-order valence-electron chi connectivity index (χ0n) is 27.4. The summed E-state index contributed by atoms with van der Waals surface area (Å²) in [6.45, 7) is 0. The lowest BCUT2D eigenvalue weighted by Crippen LogP contribution is -2.05. The number of fused-ring (bicyclic) bond motifs is 10. The SMILES string of the molecule is Fc1c(F)c(F)c(-c2c3nc(c4ccc([nH]4)c(-c4cccc5ccccc45)c4ccc([nH]4)c(-c4c(F)c(F)c(F)c(F)c4F)c4ccc2[nH]4)C=C3)c(F)c1F. The number of halogens is 10. The smallest absolute Gasteiger partial charge is 0.200 e. The molecule has 4 aromatic heterocycles. The van der Waals surface area contributed by atoms with Crippen molar-refractivity contribution in [1.29, 1.82) is 0 Å². The molecular weight excluding hydrogens is 738 g/mol. The first-order valence-corrected chi connectivity index (χ1v) is 16.3. The third-order valence-corrected chi connectivity index (χ3v) is 9.56. The molecule has 1 aliphatic rings. The Morgan fingerprint density at radius 1 is 0.327 bits per heavy atom. The van der Waals surface area contributed by atoms with Gasteiger partial charge in [-0.05, 0) is 64.9 Å². The Hall–Kier alpha value is -6.83. The van der Waals surface area contributed by atoms with E-state index in [1.54, 1.807) is 12.1 Å². The third-order valence-electron chi connectivity index (χ3n) is 9.56. The van der Waals surface area contributed by atoms with Gasteiger partial charge in [-0.25, -0.2) is 48.9 Å². The molecular formula is C41H18F10N4. The second-order valence-corrected chi connectivity index (χ2v) is 12.6.